The molecule has 2 saturated heterocycles. The van der Waals surface area contributed by atoms with Gasteiger partial charge in [0.25, 0.3) is 0 Å². The summed E-state index contributed by atoms with van der Waals surface area (Å²) in [7, 11) is 0. The molecule has 1 aromatic carbocycles. The lowest BCUT2D eigenvalue weighted by Crippen LogP contribution is -2.36. The molecule has 4 rings (SSSR count). The molecule has 150 valence electrons. The van der Waals surface area contributed by atoms with Gasteiger partial charge in [-0.25, -0.2) is 0 Å². The molecule has 0 spiro atoms. The molecular weight excluding hydrogens is 356 g/mol. The monoisotopic (exact) mass is 384 g/mol. The smallest absolute Gasteiger partial charge is 0.250 e. The minimum atomic E-state index is 0.144. The van der Waals surface area contributed by atoms with Crippen LogP contribution in [0, 0.1) is 5.92 Å². The second kappa shape index (κ2) is 9.14. The Morgan fingerprint density at radius 3 is 2.75 bits per heavy atom. The fourth-order valence-corrected chi connectivity index (χ4v) is 3.99. The first kappa shape index (κ1) is 18.9. The first-order valence-electron chi connectivity index (χ1n) is 10.3. The number of nitrogens with zero attached hydrogens (tertiary/aromatic N) is 5. The van der Waals surface area contributed by atoms with Crippen LogP contribution in [0.5, 0.6) is 0 Å². The van der Waals surface area contributed by atoms with Crippen molar-refractivity contribution in [1.29, 1.82) is 0 Å². The maximum Gasteiger partial charge on any atom is 0.250 e. The average Bonchev–Trinajstić information content (AvgIpc) is 3.44. The van der Waals surface area contributed by atoms with E-state index in [4.69, 9.17) is 4.74 Å². The zero-order valence-electron chi connectivity index (χ0n) is 16.2. The Morgan fingerprint density at radius 2 is 2.00 bits per heavy atom. The van der Waals surface area contributed by atoms with E-state index in [2.05, 4.69) is 25.7 Å². The Labute approximate surface area is 165 Å². The highest BCUT2D eigenvalue weighted by molar-refractivity contribution is 5.75. The largest absolute Gasteiger partial charge is 0.376 e. The highest BCUT2D eigenvalue weighted by atomic mass is 16.5. The van der Waals surface area contributed by atoms with Crippen molar-refractivity contribution in [3.63, 3.8) is 0 Å². The molecule has 1 aromatic heterocycles. The molecule has 2 fully saturated rings. The summed E-state index contributed by atoms with van der Waals surface area (Å²) in [4.78, 5) is 14.3. The van der Waals surface area contributed by atoms with Crippen LogP contribution in [0.1, 0.15) is 38.5 Å². The third-order valence-corrected chi connectivity index (χ3v) is 5.68. The summed E-state index contributed by atoms with van der Waals surface area (Å²) in [6.45, 7) is 3.30. The number of nitrogens with one attached hydrogen (secondary N) is 1. The lowest BCUT2D eigenvalue weighted by Gasteiger charge is -2.32. The zero-order valence-corrected chi connectivity index (χ0v) is 16.2. The molecule has 0 saturated carbocycles. The van der Waals surface area contributed by atoms with Crippen molar-refractivity contribution in [2.45, 2.75) is 44.6 Å². The number of benzene rings is 1. The van der Waals surface area contributed by atoms with Crippen LogP contribution in [-0.2, 0) is 9.53 Å². The van der Waals surface area contributed by atoms with E-state index in [-0.39, 0.29) is 12.0 Å². The number of hydrogen-bond donors (Lipinski definition) is 1. The van der Waals surface area contributed by atoms with Crippen LogP contribution >= 0.6 is 0 Å². The predicted octanol–water partition coefficient (Wildman–Crippen LogP) is 1.95. The molecule has 1 amide bonds. The molecule has 8 heteroatoms. The predicted molar refractivity (Wildman–Crippen MR) is 105 cm³/mol. The molecule has 8 nitrogen and oxygen atoms in total. The van der Waals surface area contributed by atoms with Gasteiger partial charge in [0, 0.05) is 32.7 Å². The summed E-state index contributed by atoms with van der Waals surface area (Å²) in [5.74, 6) is 1.51. The maximum atomic E-state index is 12.1. The maximum absolute atomic E-state index is 12.1. The Kier molecular flexibility index (Phi) is 6.16. The van der Waals surface area contributed by atoms with E-state index < -0.39 is 0 Å². The Balaban J connectivity index is 1.22. The van der Waals surface area contributed by atoms with Crippen molar-refractivity contribution in [1.82, 2.24) is 25.5 Å². The SMILES string of the molecule is O=C(CCC1CCN(c2nnnn2-c2ccccc2)CC1)NC[C@H]1CCCO1. The normalized spacial score (nSPS) is 20.4. The Hall–Kier alpha value is -2.48. The van der Waals surface area contributed by atoms with Gasteiger partial charge in [-0.3, -0.25) is 4.79 Å². The third kappa shape index (κ3) is 4.67. The van der Waals surface area contributed by atoms with Gasteiger partial charge in [-0.2, -0.15) is 4.68 Å². The molecule has 0 radical (unpaired) electrons. The van der Waals surface area contributed by atoms with Crippen LogP contribution in [0.25, 0.3) is 5.69 Å². The molecule has 1 N–H and O–H groups in total. The molecule has 2 aliphatic heterocycles. The summed E-state index contributed by atoms with van der Waals surface area (Å²) in [5.41, 5.74) is 0.965. The molecular formula is C20H28N6O2. The first-order valence-corrected chi connectivity index (χ1v) is 10.3. The van der Waals surface area contributed by atoms with Crippen LogP contribution in [0.3, 0.4) is 0 Å². The van der Waals surface area contributed by atoms with Crippen molar-refractivity contribution in [2.24, 2.45) is 5.92 Å². The van der Waals surface area contributed by atoms with E-state index in [9.17, 15) is 4.79 Å². The molecule has 28 heavy (non-hydrogen) atoms. The second-order valence-corrected chi connectivity index (χ2v) is 7.63. The first-order chi connectivity index (χ1) is 13.8. The van der Waals surface area contributed by atoms with Crippen LogP contribution in [-0.4, -0.2) is 58.5 Å². The number of piperidine rings is 1. The second-order valence-electron chi connectivity index (χ2n) is 7.63. The highest BCUT2D eigenvalue weighted by Gasteiger charge is 2.24. The standard InChI is InChI=1S/C20H28N6O2/c27-19(21-15-18-7-4-14-28-18)9-8-16-10-12-25(13-11-16)20-22-23-24-26(20)17-5-2-1-3-6-17/h1-3,5-6,16,18H,4,7-15H2,(H,21,27)/t18-/m1/s1. The van der Waals surface area contributed by atoms with Crippen molar-refractivity contribution >= 4 is 11.9 Å². The van der Waals surface area contributed by atoms with E-state index in [1.807, 2.05) is 30.3 Å². The molecule has 1 atom stereocenters. The number of hydrogen-bond acceptors (Lipinski definition) is 6. The number of para-hydroxylation sites is 1. The van der Waals surface area contributed by atoms with Gasteiger partial charge < -0.3 is 15.0 Å². The highest BCUT2D eigenvalue weighted by Crippen LogP contribution is 2.25. The van der Waals surface area contributed by atoms with Gasteiger partial charge >= 0.3 is 0 Å². The fraction of sp³-hybridized carbons (Fsp3) is 0.600. The molecule has 2 aromatic rings. The molecule has 0 bridgehead atoms. The summed E-state index contributed by atoms with van der Waals surface area (Å²) in [6.07, 6.45) is 6.02. The summed E-state index contributed by atoms with van der Waals surface area (Å²) in [6, 6.07) is 9.95. The van der Waals surface area contributed by atoms with Crippen LogP contribution < -0.4 is 10.2 Å². The van der Waals surface area contributed by atoms with Crippen molar-refractivity contribution in [3.8, 4) is 5.69 Å². The van der Waals surface area contributed by atoms with Crippen molar-refractivity contribution in [3.05, 3.63) is 30.3 Å². The van der Waals surface area contributed by atoms with Crippen LogP contribution in [0.15, 0.2) is 30.3 Å². The van der Waals surface area contributed by atoms with E-state index in [1.54, 1.807) is 4.68 Å². The lowest BCUT2D eigenvalue weighted by atomic mass is 9.92. The van der Waals surface area contributed by atoms with Gasteiger partial charge in [0.1, 0.15) is 0 Å². The van der Waals surface area contributed by atoms with E-state index in [1.165, 1.54) is 0 Å². The lowest BCUT2D eigenvalue weighted by molar-refractivity contribution is -0.121. The van der Waals surface area contributed by atoms with E-state index in [0.29, 0.717) is 18.9 Å². The number of ether oxygens (including phenoxy) is 1. The number of carbonyl (C=O) groups is 1. The summed E-state index contributed by atoms with van der Waals surface area (Å²) < 4.78 is 7.34. The summed E-state index contributed by atoms with van der Waals surface area (Å²) >= 11 is 0. The van der Waals surface area contributed by atoms with Gasteiger partial charge in [0.15, 0.2) is 0 Å². The van der Waals surface area contributed by atoms with Gasteiger partial charge in [-0.15, -0.1) is 0 Å². The number of aromatic nitrogens is 4. The number of amides is 1. The van der Waals surface area contributed by atoms with Crippen LogP contribution in [0.2, 0.25) is 0 Å². The molecule has 3 heterocycles. The number of rotatable bonds is 7. The third-order valence-electron chi connectivity index (χ3n) is 5.68. The molecule has 0 unspecified atom stereocenters. The zero-order chi connectivity index (χ0) is 19.2. The minimum Gasteiger partial charge on any atom is -0.376 e. The number of anilines is 1. The van der Waals surface area contributed by atoms with Gasteiger partial charge in [0.2, 0.25) is 11.9 Å². The minimum absolute atomic E-state index is 0.144. The fourth-order valence-electron chi connectivity index (χ4n) is 3.99. The number of carbonyl (C=O) groups excluding carboxylic acids is 1. The van der Waals surface area contributed by atoms with Crippen LogP contribution in [0.4, 0.5) is 5.95 Å². The average molecular weight is 384 g/mol. The van der Waals surface area contributed by atoms with Crippen molar-refractivity contribution in [2.75, 3.05) is 31.1 Å². The van der Waals surface area contributed by atoms with E-state index >= 15 is 0 Å². The summed E-state index contributed by atoms with van der Waals surface area (Å²) in [5, 5.41) is 15.3. The van der Waals surface area contributed by atoms with E-state index in [0.717, 1.165) is 63.4 Å². The van der Waals surface area contributed by atoms with Gasteiger partial charge in [-0.05, 0) is 60.6 Å². The molecule has 0 aliphatic carbocycles. The van der Waals surface area contributed by atoms with Gasteiger partial charge in [-0.1, -0.05) is 23.3 Å². The quantitative estimate of drug-likeness (QED) is 0.785. The number of tetrazole rings is 1. The van der Waals surface area contributed by atoms with Crippen molar-refractivity contribution < 1.29 is 9.53 Å². The topological polar surface area (TPSA) is 85.2 Å². The Morgan fingerprint density at radius 1 is 1.18 bits per heavy atom. The van der Waals surface area contributed by atoms with Gasteiger partial charge in [0.05, 0.1) is 11.8 Å². The molecule has 2 aliphatic rings. The Bertz CT molecular complexity index is 751.